The van der Waals surface area contributed by atoms with E-state index in [1.807, 2.05) is 6.92 Å². The summed E-state index contributed by atoms with van der Waals surface area (Å²) in [6, 6.07) is 0. The minimum atomic E-state index is -0.360. The summed E-state index contributed by atoms with van der Waals surface area (Å²) in [5, 5.41) is 0. The minimum Gasteiger partial charge on any atom is -0.291 e. The van der Waals surface area contributed by atoms with Crippen LogP contribution in [-0.4, -0.2) is 16.4 Å². The highest BCUT2D eigenvalue weighted by Crippen LogP contribution is 2.03. The molecule has 0 radical (unpaired) electrons. The highest BCUT2D eigenvalue weighted by atomic mass is 79.9. The number of hydrogen-bond acceptors (Lipinski definition) is 2. The van der Waals surface area contributed by atoms with E-state index in [1.54, 1.807) is 0 Å². The van der Waals surface area contributed by atoms with E-state index in [0.29, 0.717) is 6.42 Å². The molecule has 0 N–H and O–H groups in total. The zero-order valence-corrected chi connectivity index (χ0v) is 7.06. The molecule has 3 heteroatoms. The van der Waals surface area contributed by atoms with E-state index in [1.165, 1.54) is 6.92 Å². The number of alkyl halides is 1. The van der Waals surface area contributed by atoms with Crippen LogP contribution in [0, 0.1) is 0 Å². The van der Waals surface area contributed by atoms with E-state index < -0.39 is 0 Å². The Balaban J connectivity index is 3.65. The summed E-state index contributed by atoms with van der Waals surface area (Å²) in [7, 11) is 0. The first-order chi connectivity index (χ1) is 4.04. The summed E-state index contributed by atoms with van der Waals surface area (Å²) in [4.78, 5) is 21.0. The first kappa shape index (κ1) is 8.82. The first-order valence-electron chi connectivity index (χ1n) is 2.72. The molecular weight excluding hydrogens is 184 g/mol. The van der Waals surface area contributed by atoms with Crippen LogP contribution in [0.3, 0.4) is 0 Å². The fourth-order valence-corrected chi connectivity index (χ4v) is 0.693. The number of Topliss-reactive ketones (excluding diaryl/α,β-unsaturated/α-hetero) is 2. The van der Waals surface area contributed by atoms with Crippen LogP contribution in [0.4, 0.5) is 0 Å². The lowest BCUT2D eigenvalue weighted by atomic mass is 10.2. The third kappa shape index (κ3) is 4.33. The Bertz CT molecular complexity index is 129. The molecule has 0 aliphatic carbocycles. The van der Waals surface area contributed by atoms with Gasteiger partial charge in [0.15, 0.2) is 11.6 Å². The number of carbonyl (C=O) groups excluding carboxylic acids is 2. The molecule has 0 spiro atoms. The number of halogens is 1. The van der Waals surface area contributed by atoms with Crippen molar-refractivity contribution in [3.05, 3.63) is 0 Å². The molecule has 9 heavy (non-hydrogen) atoms. The van der Waals surface area contributed by atoms with Gasteiger partial charge in [0.2, 0.25) is 0 Å². The van der Waals surface area contributed by atoms with Crippen LogP contribution < -0.4 is 0 Å². The van der Waals surface area contributed by atoms with Gasteiger partial charge in [-0.25, -0.2) is 0 Å². The van der Waals surface area contributed by atoms with Gasteiger partial charge in [0.25, 0.3) is 0 Å². The lowest BCUT2D eigenvalue weighted by Crippen LogP contribution is -2.12. The monoisotopic (exact) mass is 192 g/mol. The van der Waals surface area contributed by atoms with Gasteiger partial charge in [0, 0.05) is 18.2 Å². The van der Waals surface area contributed by atoms with E-state index in [0.717, 1.165) is 0 Å². The summed E-state index contributed by atoms with van der Waals surface area (Å²) in [6.45, 7) is 3.12. The van der Waals surface area contributed by atoms with Crippen LogP contribution in [0.5, 0.6) is 0 Å². The summed E-state index contributed by atoms with van der Waals surface area (Å²) in [5.74, 6) is -0.666. The normalized spacial score (nSPS) is 12.8. The molecule has 1 atom stereocenters. The van der Waals surface area contributed by atoms with Crippen molar-refractivity contribution in [3.63, 3.8) is 0 Å². The van der Waals surface area contributed by atoms with Crippen LogP contribution in [0.2, 0.25) is 0 Å². The molecule has 0 bridgehead atoms. The van der Waals surface area contributed by atoms with Crippen molar-refractivity contribution in [2.24, 2.45) is 0 Å². The lowest BCUT2D eigenvalue weighted by Gasteiger charge is -1.96. The smallest absolute Gasteiger partial charge is 0.199 e. The van der Waals surface area contributed by atoms with E-state index in [-0.39, 0.29) is 16.4 Å². The van der Waals surface area contributed by atoms with Gasteiger partial charge in [-0.05, 0) is 0 Å². The van der Waals surface area contributed by atoms with Gasteiger partial charge in [-0.2, -0.15) is 0 Å². The third-order valence-corrected chi connectivity index (χ3v) is 1.18. The summed E-state index contributed by atoms with van der Waals surface area (Å²) < 4.78 is 0. The standard InChI is InChI=1S/C6H9BrO2/c1-4(7)3-6(9)5(2)8/h4H,3H2,1-2H3. The van der Waals surface area contributed by atoms with Crippen molar-refractivity contribution in [1.82, 2.24) is 0 Å². The number of carbonyl (C=O) groups is 2. The fourth-order valence-electron chi connectivity index (χ4n) is 0.399. The van der Waals surface area contributed by atoms with E-state index >= 15 is 0 Å². The molecule has 0 aliphatic heterocycles. The third-order valence-electron chi connectivity index (χ3n) is 0.859. The van der Waals surface area contributed by atoms with E-state index in [9.17, 15) is 9.59 Å². The molecule has 0 aromatic carbocycles. The molecule has 0 heterocycles. The molecule has 0 aliphatic rings. The second kappa shape index (κ2) is 3.77. The second-order valence-electron chi connectivity index (χ2n) is 1.96. The summed E-state index contributed by atoms with van der Waals surface area (Å²) in [5.41, 5.74) is 0. The van der Waals surface area contributed by atoms with Crippen molar-refractivity contribution in [2.75, 3.05) is 0 Å². The Morgan fingerprint density at radius 2 is 2.00 bits per heavy atom. The lowest BCUT2D eigenvalue weighted by molar-refractivity contribution is -0.135. The first-order valence-corrected chi connectivity index (χ1v) is 3.63. The Morgan fingerprint density at radius 3 is 2.11 bits per heavy atom. The molecule has 0 fully saturated rings. The predicted octanol–water partition coefficient (Wildman–Crippen LogP) is 1.32. The molecule has 52 valence electrons. The molecule has 0 saturated carbocycles. The van der Waals surface area contributed by atoms with Crippen molar-refractivity contribution < 1.29 is 9.59 Å². The van der Waals surface area contributed by atoms with Gasteiger partial charge in [-0.3, -0.25) is 9.59 Å². The predicted molar refractivity (Wildman–Crippen MR) is 38.7 cm³/mol. The van der Waals surface area contributed by atoms with Crippen LogP contribution in [0.15, 0.2) is 0 Å². The fraction of sp³-hybridized carbons (Fsp3) is 0.667. The van der Waals surface area contributed by atoms with Gasteiger partial charge in [0.1, 0.15) is 0 Å². The Morgan fingerprint density at radius 1 is 1.56 bits per heavy atom. The largest absolute Gasteiger partial charge is 0.291 e. The van der Waals surface area contributed by atoms with Gasteiger partial charge in [-0.1, -0.05) is 22.9 Å². The van der Waals surface area contributed by atoms with Crippen molar-refractivity contribution >= 4 is 27.5 Å². The highest BCUT2D eigenvalue weighted by Gasteiger charge is 2.09. The van der Waals surface area contributed by atoms with Gasteiger partial charge < -0.3 is 0 Å². The Labute approximate surface area is 62.8 Å². The Hall–Kier alpha value is -0.180. The molecule has 0 rings (SSSR count). The molecule has 0 amide bonds. The minimum absolute atomic E-state index is 0.105. The molecule has 0 saturated heterocycles. The van der Waals surface area contributed by atoms with Gasteiger partial charge >= 0.3 is 0 Å². The molecule has 2 nitrogen and oxygen atoms in total. The maximum atomic E-state index is 10.6. The van der Waals surface area contributed by atoms with Gasteiger partial charge in [-0.15, -0.1) is 0 Å². The summed E-state index contributed by atoms with van der Waals surface area (Å²) in [6.07, 6.45) is 0.301. The topological polar surface area (TPSA) is 34.1 Å². The van der Waals surface area contributed by atoms with Crippen LogP contribution in [0.1, 0.15) is 20.3 Å². The van der Waals surface area contributed by atoms with Crippen molar-refractivity contribution in [1.29, 1.82) is 0 Å². The zero-order valence-electron chi connectivity index (χ0n) is 5.48. The van der Waals surface area contributed by atoms with Crippen LogP contribution in [-0.2, 0) is 9.59 Å². The second-order valence-corrected chi connectivity index (χ2v) is 3.53. The molecule has 0 aromatic heterocycles. The quantitative estimate of drug-likeness (QED) is 0.500. The van der Waals surface area contributed by atoms with Crippen molar-refractivity contribution in [2.45, 2.75) is 25.1 Å². The maximum Gasteiger partial charge on any atom is 0.199 e. The average molecular weight is 193 g/mol. The maximum absolute atomic E-state index is 10.6. The molecule has 0 aromatic rings. The zero-order chi connectivity index (χ0) is 7.44. The average Bonchev–Trinajstić information content (AvgIpc) is 1.63. The van der Waals surface area contributed by atoms with Crippen LogP contribution >= 0.6 is 15.9 Å². The molecular formula is C6H9BrO2. The number of hydrogen-bond donors (Lipinski definition) is 0. The van der Waals surface area contributed by atoms with E-state index in [2.05, 4.69) is 15.9 Å². The molecule has 1 unspecified atom stereocenters. The number of rotatable bonds is 3. The highest BCUT2D eigenvalue weighted by molar-refractivity contribution is 9.09. The number of ketones is 2. The van der Waals surface area contributed by atoms with Crippen molar-refractivity contribution in [3.8, 4) is 0 Å². The van der Waals surface area contributed by atoms with Gasteiger partial charge in [0.05, 0.1) is 0 Å². The summed E-state index contributed by atoms with van der Waals surface area (Å²) >= 11 is 3.17. The Kier molecular flexibility index (Phi) is 3.70. The SMILES string of the molecule is CC(=O)C(=O)CC(C)Br. The van der Waals surface area contributed by atoms with E-state index in [4.69, 9.17) is 0 Å². The van der Waals surface area contributed by atoms with Crippen LogP contribution in [0.25, 0.3) is 0 Å².